The fourth-order valence-electron chi connectivity index (χ4n) is 4.52. The van der Waals surface area contributed by atoms with E-state index in [0.29, 0.717) is 5.57 Å². The molecule has 2 aromatic rings. The Morgan fingerprint density at radius 3 is 2.82 bits per heavy atom. The second-order valence-electron chi connectivity index (χ2n) is 7.41. The summed E-state index contributed by atoms with van der Waals surface area (Å²) in [5.74, 6) is 0.736. The summed E-state index contributed by atoms with van der Waals surface area (Å²) in [5.41, 5.74) is 5.14. The predicted octanol–water partition coefficient (Wildman–Crippen LogP) is 3.34. The minimum atomic E-state index is -0.349. The van der Waals surface area contributed by atoms with Crippen molar-refractivity contribution >= 4 is 22.6 Å². The molecule has 0 bridgehead atoms. The Hall–Kier alpha value is -2.89. The monoisotopic (exact) mass is 382 g/mol. The van der Waals surface area contributed by atoms with Gasteiger partial charge in [0, 0.05) is 29.9 Å². The lowest BCUT2D eigenvalue weighted by Gasteiger charge is -2.40. The molecule has 3 heterocycles. The molecule has 2 aliphatic heterocycles. The van der Waals surface area contributed by atoms with E-state index in [0.717, 1.165) is 47.6 Å². The van der Waals surface area contributed by atoms with Crippen LogP contribution in [0.4, 0.5) is 0 Å². The van der Waals surface area contributed by atoms with Crippen LogP contribution in [-0.2, 0) is 20.7 Å². The zero-order chi connectivity index (χ0) is 19.8. The Labute approximate surface area is 164 Å². The number of benzene rings is 1. The molecule has 4 rings (SSSR count). The van der Waals surface area contributed by atoms with Gasteiger partial charge in [0.1, 0.15) is 5.75 Å². The Bertz CT molecular complexity index is 972. The third-order valence-corrected chi connectivity index (χ3v) is 5.82. The molecule has 148 valence electrons. The highest BCUT2D eigenvalue weighted by Crippen LogP contribution is 2.42. The number of aromatic nitrogens is 1. The summed E-state index contributed by atoms with van der Waals surface area (Å²) >= 11 is 0. The lowest BCUT2D eigenvalue weighted by molar-refractivity contribution is -0.137. The summed E-state index contributed by atoms with van der Waals surface area (Å²) in [6.07, 6.45) is 4.65. The van der Waals surface area contributed by atoms with E-state index in [1.807, 2.05) is 12.1 Å². The first-order valence-electron chi connectivity index (χ1n) is 9.54. The summed E-state index contributed by atoms with van der Waals surface area (Å²) in [4.78, 5) is 18.3. The molecule has 1 aromatic carbocycles. The van der Waals surface area contributed by atoms with Crippen molar-refractivity contribution in [3.8, 4) is 5.75 Å². The number of fused-ring (bicyclic) bond motifs is 5. The van der Waals surface area contributed by atoms with Gasteiger partial charge in [-0.15, -0.1) is 0 Å². The summed E-state index contributed by atoms with van der Waals surface area (Å²) in [7, 11) is 4.67. The van der Waals surface area contributed by atoms with Crippen molar-refractivity contribution in [2.24, 2.45) is 11.8 Å². The number of rotatable bonds is 4. The maximum atomic E-state index is 12.3. The molecule has 1 N–H and O–H groups in total. The zero-order valence-electron chi connectivity index (χ0n) is 16.7. The third-order valence-electron chi connectivity index (χ3n) is 5.82. The molecule has 2 aliphatic rings. The fourth-order valence-corrected chi connectivity index (χ4v) is 4.52. The molecule has 1 aromatic heterocycles. The molecule has 28 heavy (non-hydrogen) atoms. The number of hydrogen-bond acceptors (Lipinski definition) is 5. The summed E-state index contributed by atoms with van der Waals surface area (Å²) in [6.45, 7) is 3.98. The number of aromatic amines is 1. The van der Waals surface area contributed by atoms with Gasteiger partial charge >= 0.3 is 5.97 Å². The van der Waals surface area contributed by atoms with Gasteiger partial charge in [-0.1, -0.05) is 19.1 Å². The molecule has 0 amide bonds. The first-order valence-corrected chi connectivity index (χ1v) is 9.54. The molecule has 0 saturated heterocycles. The van der Waals surface area contributed by atoms with E-state index in [2.05, 4.69) is 29.0 Å². The van der Waals surface area contributed by atoms with Gasteiger partial charge < -0.3 is 24.1 Å². The van der Waals surface area contributed by atoms with Crippen LogP contribution in [0.3, 0.4) is 0 Å². The largest absolute Gasteiger partial charge is 0.504 e. The number of carbonyl (C=O) groups is 1. The van der Waals surface area contributed by atoms with Crippen LogP contribution in [0, 0.1) is 11.8 Å². The smallest absolute Gasteiger partial charge is 0.337 e. The van der Waals surface area contributed by atoms with Crippen LogP contribution in [0.1, 0.15) is 18.2 Å². The standard InChI is InChI=1S/C22H26N2O4/c1-13-11-24-9-8-14-20-17(6-5-7-19(20)27-3)23-21(14)18(24)10-15(13)16(12-26-2)22(25)28-4/h5-7,10,12-13,15,23H,8-9,11H2,1-4H3/b16-12+. The molecule has 6 nitrogen and oxygen atoms in total. The van der Waals surface area contributed by atoms with Crippen molar-refractivity contribution in [3.63, 3.8) is 0 Å². The number of allylic oxidation sites excluding steroid dienone is 1. The van der Waals surface area contributed by atoms with E-state index >= 15 is 0 Å². The van der Waals surface area contributed by atoms with Gasteiger partial charge in [-0.3, -0.25) is 0 Å². The summed E-state index contributed by atoms with van der Waals surface area (Å²) in [6, 6.07) is 6.08. The third kappa shape index (κ3) is 2.84. The number of esters is 1. The van der Waals surface area contributed by atoms with Gasteiger partial charge in [-0.05, 0) is 30.0 Å². The van der Waals surface area contributed by atoms with Crippen LogP contribution in [0.2, 0.25) is 0 Å². The van der Waals surface area contributed by atoms with Crippen LogP contribution in [0.25, 0.3) is 16.6 Å². The van der Waals surface area contributed by atoms with Gasteiger partial charge in [-0.2, -0.15) is 0 Å². The number of carbonyl (C=O) groups excluding carboxylic acids is 1. The second-order valence-corrected chi connectivity index (χ2v) is 7.41. The predicted molar refractivity (Wildman–Crippen MR) is 108 cm³/mol. The molecule has 0 aliphatic carbocycles. The summed E-state index contributed by atoms with van der Waals surface area (Å²) < 4.78 is 15.8. The quantitative estimate of drug-likeness (QED) is 0.499. The van der Waals surface area contributed by atoms with E-state index in [1.54, 1.807) is 14.2 Å². The fraction of sp³-hybridized carbons (Fsp3) is 0.409. The van der Waals surface area contributed by atoms with E-state index in [9.17, 15) is 4.79 Å². The van der Waals surface area contributed by atoms with Crippen LogP contribution in [-0.4, -0.2) is 50.3 Å². The van der Waals surface area contributed by atoms with Crippen molar-refractivity contribution in [2.75, 3.05) is 34.4 Å². The number of ether oxygens (including phenoxy) is 3. The lowest BCUT2D eigenvalue weighted by Crippen LogP contribution is -2.40. The molecular weight excluding hydrogens is 356 g/mol. The van der Waals surface area contributed by atoms with Crippen molar-refractivity contribution < 1.29 is 19.0 Å². The Balaban J connectivity index is 1.85. The van der Waals surface area contributed by atoms with Gasteiger partial charge in [-0.25, -0.2) is 4.79 Å². The number of nitrogens with one attached hydrogen (secondary N) is 1. The average Bonchev–Trinajstić information content (AvgIpc) is 3.10. The number of hydrogen-bond donors (Lipinski definition) is 1. The van der Waals surface area contributed by atoms with E-state index in [4.69, 9.17) is 14.2 Å². The first-order chi connectivity index (χ1) is 13.6. The molecule has 0 fully saturated rings. The maximum absolute atomic E-state index is 12.3. The SMILES string of the molecule is CO/C=C(/C(=O)OC)C1C=C2c3[nH]c4cccc(OC)c4c3CCN2CC1C. The van der Waals surface area contributed by atoms with Gasteiger partial charge in [0.15, 0.2) is 0 Å². The van der Waals surface area contributed by atoms with Crippen LogP contribution >= 0.6 is 0 Å². The van der Waals surface area contributed by atoms with Crippen molar-refractivity contribution in [1.29, 1.82) is 0 Å². The van der Waals surface area contributed by atoms with Crippen LogP contribution < -0.4 is 4.74 Å². The summed E-state index contributed by atoms with van der Waals surface area (Å²) in [5, 5.41) is 1.15. The molecule has 0 spiro atoms. The zero-order valence-corrected chi connectivity index (χ0v) is 16.7. The molecule has 6 heteroatoms. The first kappa shape index (κ1) is 18.5. The van der Waals surface area contributed by atoms with Crippen LogP contribution in [0.15, 0.2) is 36.1 Å². The topological polar surface area (TPSA) is 63.8 Å². The molecule has 0 radical (unpaired) electrons. The molecule has 2 unspecified atom stereocenters. The van der Waals surface area contributed by atoms with Crippen molar-refractivity contribution in [1.82, 2.24) is 9.88 Å². The highest BCUT2D eigenvalue weighted by molar-refractivity contribution is 5.95. The number of nitrogens with zero attached hydrogens (tertiary/aromatic N) is 1. The Kier molecular flexibility index (Phi) is 4.79. The van der Waals surface area contributed by atoms with Gasteiger partial charge in [0.05, 0.1) is 44.6 Å². The minimum Gasteiger partial charge on any atom is -0.504 e. The molecule has 2 atom stereocenters. The van der Waals surface area contributed by atoms with Crippen molar-refractivity contribution in [2.45, 2.75) is 13.3 Å². The Morgan fingerprint density at radius 1 is 1.29 bits per heavy atom. The molecular formula is C22H26N2O4. The minimum absolute atomic E-state index is 0.0714. The van der Waals surface area contributed by atoms with Crippen LogP contribution in [0.5, 0.6) is 5.75 Å². The Morgan fingerprint density at radius 2 is 2.11 bits per heavy atom. The van der Waals surface area contributed by atoms with E-state index in [-0.39, 0.29) is 17.8 Å². The number of methoxy groups -OCH3 is 3. The molecule has 0 saturated carbocycles. The van der Waals surface area contributed by atoms with E-state index in [1.165, 1.54) is 18.9 Å². The van der Waals surface area contributed by atoms with E-state index < -0.39 is 0 Å². The van der Waals surface area contributed by atoms with Gasteiger partial charge in [0.25, 0.3) is 0 Å². The number of H-pyrrole nitrogens is 1. The second kappa shape index (κ2) is 7.26. The maximum Gasteiger partial charge on any atom is 0.337 e. The normalized spacial score (nSPS) is 21.6. The van der Waals surface area contributed by atoms with Crippen molar-refractivity contribution in [3.05, 3.63) is 47.4 Å². The average molecular weight is 382 g/mol. The highest BCUT2D eigenvalue weighted by Gasteiger charge is 2.36. The highest BCUT2D eigenvalue weighted by atomic mass is 16.5. The lowest BCUT2D eigenvalue weighted by atomic mass is 9.81. The van der Waals surface area contributed by atoms with Gasteiger partial charge in [0.2, 0.25) is 0 Å².